The van der Waals surface area contributed by atoms with Crippen molar-refractivity contribution in [2.75, 3.05) is 6.61 Å². The number of halogens is 2. The number of carbonyl (C=O) groups is 2. The van der Waals surface area contributed by atoms with Crippen LogP contribution in [0.3, 0.4) is 0 Å². The maximum absolute atomic E-state index is 13.4. The van der Waals surface area contributed by atoms with E-state index in [1.54, 1.807) is 61.5 Å². The number of hydrogen-bond donors (Lipinski definition) is 2. The van der Waals surface area contributed by atoms with E-state index in [1.165, 1.54) is 0 Å². The smallest absolute Gasteiger partial charge is 0.338 e. The molecule has 1 aliphatic heterocycles. The SMILES string of the molecule is CCOC(=O)C1=C(N)n2c(sc(=Cc3ccccc3Cl)c2=O)=C(C(N)=O)C1c1ccccc1Cl. The summed E-state index contributed by atoms with van der Waals surface area (Å²) in [5.74, 6) is -2.76. The highest BCUT2D eigenvalue weighted by molar-refractivity contribution is 7.07. The van der Waals surface area contributed by atoms with Crippen LogP contribution in [0.5, 0.6) is 0 Å². The van der Waals surface area contributed by atoms with Crippen LogP contribution >= 0.6 is 34.5 Å². The quantitative estimate of drug-likeness (QED) is 0.505. The summed E-state index contributed by atoms with van der Waals surface area (Å²) < 4.78 is 6.81. The van der Waals surface area contributed by atoms with Gasteiger partial charge in [0.2, 0.25) is 5.91 Å². The number of hydrogen-bond acceptors (Lipinski definition) is 6. The van der Waals surface area contributed by atoms with Crippen LogP contribution in [0.15, 0.2) is 58.9 Å². The zero-order valence-corrected chi connectivity index (χ0v) is 20.2. The lowest BCUT2D eigenvalue weighted by molar-refractivity contribution is -0.138. The van der Waals surface area contributed by atoms with Crippen molar-refractivity contribution in [1.29, 1.82) is 0 Å². The summed E-state index contributed by atoms with van der Waals surface area (Å²) in [7, 11) is 0. The monoisotopic (exact) mass is 515 g/mol. The highest BCUT2D eigenvalue weighted by Crippen LogP contribution is 2.39. The Morgan fingerprint density at radius 3 is 2.35 bits per heavy atom. The third-order valence-corrected chi connectivity index (χ3v) is 7.11. The number of ether oxygens (including phenoxy) is 1. The Hall–Kier alpha value is -3.33. The number of nitrogens with zero attached hydrogens (tertiary/aromatic N) is 1. The number of esters is 1. The Balaban J connectivity index is 2.14. The minimum absolute atomic E-state index is 0.0197. The van der Waals surface area contributed by atoms with Crippen LogP contribution < -0.4 is 26.2 Å². The summed E-state index contributed by atoms with van der Waals surface area (Å²) in [6.45, 7) is 1.70. The van der Waals surface area contributed by atoms with E-state index < -0.39 is 23.4 Å². The van der Waals surface area contributed by atoms with Crippen LogP contribution in [0.2, 0.25) is 10.0 Å². The Kier molecular flexibility index (Phi) is 6.65. The number of amides is 1. The molecule has 1 atom stereocenters. The average molecular weight is 516 g/mol. The number of carbonyl (C=O) groups excluding carboxylic acids is 2. The molecular formula is C24H19Cl2N3O4S. The van der Waals surface area contributed by atoms with Crippen LogP contribution in [0.25, 0.3) is 17.5 Å². The molecule has 0 bridgehead atoms. The average Bonchev–Trinajstić information content (AvgIpc) is 3.11. The Morgan fingerprint density at radius 1 is 1.09 bits per heavy atom. The van der Waals surface area contributed by atoms with Gasteiger partial charge in [0.15, 0.2) is 0 Å². The predicted molar refractivity (Wildman–Crippen MR) is 134 cm³/mol. The number of rotatable bonds is 5. The van der Waals surface area contributed by atoms with Crippen molar-refractivity contribution < 1.29 is 14.3 Å². The van der Waals surface area contributed by atoms with Crippen molar-refractivity contribution >= 4 is 63.9 Å². The van der Waals surface area contributed by atoms with E-state index >= 15 is 0 Å². The Bertz CT molecular complexity index is 1540. The van der Waals surface area contributed by atoms with E-state index in [9.17, 15) is 14.4 Å². The lowest BCUT2D eigenvalue weighted by Gasteiger charge is -2.27. The van der Waals surface area contributed by atoms with E-state index in [0.717, 1.165) is 15.9 Å². The lowest BCUT2D eigenvalue weighted by Crippen LogP contribution is -2.42. The number of fused-ring (bicyclic) bond motifs is 1. The summed E-state index contributed by atoms with van der Waals surface area (Å²) in [4.78, 5) is 39.2. The first-order chi connectivity index (χ1) is 16.3. The highest BCUT2D eigenvalue weighted by atomic mass is 35.5. The van der Waals surface area contributed by atoms with E-state index in [4.69, 9.17) is 39.4 Å². The van der Waals surface area contributed by atoms with E-state index in [1.807, 2.05) is 0 Å². The van der Waals surface area contributed by atoms with Crippen molar-refractivity contribution in [2.45, 2.75) is 12.8 Å². The van der Waals surface area contributed by atoms with E-state index in [0.29, 0.717) is 21.2 Å². The minimum Gasteiger partial charge on any atom is -0.463 e. The molecule has 1 amide bonds. The molecule has 34 heavy (non-hydrogen) atoms. The second-order valence-electron chi connectivity index (χ2n) is 7.33. The van der Waals surface area contributed by atoms with Crippen LogP contribution in [0.4, 0.5) is 0 Å². The van der Waals surface area contributed by atoms with Crippen molar-refractivity contribution in [3.63, 3.8) is 0 Å². The molecule has 4 N–H and O–H groups in total. The van der Waals surface area contributed by atoms with Gasteiger partial charge < -0.3 is 16.2 Å². The van der Waals surface area contributed by atoms with Gasteiger partial charge in [-0.25, -0.2) is 4.79 Å². The molecule has 174 valence electrons. The molecule has 10 heteroatoms. The van der Waals surface area contributed by atoms with E-state index in [2.05, 4.69) is 0 Å². The fraction of sp³-hybridized carbons (Fsp3) is 0.125. The van der Waals surface area contributed by atoms with Gasteiger partial charge >= 0.3 is 5.97 Å². The van der Waals surface area contributed by atoms with Crippen LogP contribution in [-0.4, -0.2) is 23.1 Å². The van der Waals surface area contributed by atoms with Crippen LogP contribution in [-0.2, 0) is 14.3 Å². The number of nitrogens with two attached hydrogens (primary N) is 2. The molecule has 4 rings (SSSR count). The molecule has 1 aromatic heterocycles. The van der Waals surface area contributed by atoms with Gasteiger partial charge in [0.1, 0.15) is 10.5 Å². The van der Waals surface area contributed by atoms with Gasteiger partial charge in [-0.1, -0.05) is 59.6 Å². The predicted octanol–water partition coefficient (Wildman–Crippen LogP) is 2.17. The second kappa shape index (κ2) is 9.50. The minimum atomic E-state index is -1.02. The number of benzene rings is 2. The molecule has 0 saturated carbocycles. The standard InChI is InChI=1S/C24H19Cl2N3O4S/c1-2-33-24(32)18-17(13-8-4-6-10-15(13)26)19(21(28)30)23-29(20(18)27)22(31)16(34-23)11-12-7-3-5-9-14(12)25/h3-11,17H,2,27H2,1H3,(H2,28,30). The second-order valence-corrected chi connectivity index (χ2v) is 9.17. The zero-order chi connectivity index (χ0) is 24.6. The molecule has 0 spiro atoms. The lowest BCUT2D eigenvalue weighted by atomic mass is 9.83. The maximum atomic E-state index is 13.4. The first-order valence-electron chi connectivity index (χ1n) is 10.2. The van der Waals surface area contributed by atoms with Gasteiger partial charge in [0.25, 0.3) is 5.56 Å². The molecule has 1 unspecified atom stereocenters. The molecule has 3 aromatic rings. The molecule has 0 saturated heterocycles. The van der Waals surface area contributed by atoms with Gasteiger partial charge in [-0.05, 0) is 36.3 Å². The third-order valence-electron chi connectivity index (χ3n) is 5.32. The molecule has 2 aromatic carbocycles. The van der Waals surface area contributed by atoms with Gasteiger partial charge in [-0.15, -0.1) is 11.3 Å². The first kappa shape index (κ1) is 23.8. The summed E-state index contributed by atoms with van der Waals surface area (Å²) in [6.07, 6.45) is 1.60. The zero-order valence-electron chi connectivity index (χ0n) is 17.9. The number of aromatic nitrogens is 1. The molecular weight excluding hydrogens is 497 g/mol. The Labute approximate surface area is 208 Å². The topological polar surface area (TPSA) is 117 Å². The van der Waals surface area contributed by atoms with Crippen LogP contribution in [0, 0.1) is 0 Å². The molecule has 2 heterocycles. The van der Waals surface area contributed by atoms with Gasteiger partial charge in [-0.2, -0.15) is 0 Å². The van der Waals surface area contributed by atoms with Crippen molar-refractivity contribution in [1.82, 2.24) is 4.57 Å². The number of primary amides is 1. The molecule has 0 fully saturated rings. The van der Waals surface area contributed by atoms with Gasteiger partial charge in [0.05, 0.1) is 28.2 Å². The normalized spacial score (nSPS) is 15.9. The highest BCUT2D eigenvalue weighted by Gasteiger charge is 2.39. The third kappa shape index (κ3) is 4.04. The van der Waals surface area contributed by atoms with Crippen molar-refractivity contribution in [2.24, 2.45) is 11.5 Å². The first-order valence-corrected chi connectivity index (χ1v) is 11.8. The molecule has 1 aliphatic rings. The summed E-state index contributed by atoms with van der Waals surface area (Å²) in [5, 5.41) is 0.748. The summed E-state index contributed by atoms with van der Waals surface area (Å²) in [6, 6.07) is 13.7. The van der Waals surface area contributed by atoms with Gasteiger partial charge in [-0.3, -0.25) is 14.2 Å². The van der Waals surface area contributed by atoms with Crippen molar-refractivity contribution in [3.05, 3.63) is 94.8 Å². The van der Waals surface area contributed by atoms with Crippen molar-refractivity contribution in [3.8, 4) is 0 Å². The molecule has 7 nitrogen and oxygen atoms in total. The fourth-order valence-corrected chi connectivity index (χ4v) is 5.46. The van der Waals surface area contributed by atoms with E-state index in [-0.39, 0.29) is 32.8 Å². The fourth-order valence-electron chi connectivity index (χ4n) is 3.85. The maximum Gasteiger partial charge on any atom is 0.338 e. The Morgan fingerprint density at radius 2 is 1.74 bits per heavy atom. The largest absolute Gasteiger partial charge is 0.463 e. The molecule has 0 aliphatic carbocycles. The summed E-state index contributed by atoms with van der Waals surface area (Å²) in [5.41, 5.74) is 12.7. The number of thiazole rings is 1. The molecule has 0 radical (unpaired) electrons. The summed E-state index contributed by atoms with van der Waals surface area (Å²) >= 11 is 13.7. The van der Waals surface area contributed by atoms with Gasteiger partial charge in [0, 0.05) is 10.0 Å². The van der Waals surface area contributed by atoms with Crippen LogP contribution in [0.1, 0.15) is 24.0 Å².